The van der Waals surface area contributed by atoms with Gasteiger partial charge in [-0.2, -0.15) is 5.26 Å². The number of halogens is 2. The summed E-state index contributed by atoms with van der Waals surface area (Å²) < 4.78 is 13.1. The molecule has 0 aromatic heterocycles. The summed E-state index contributed by atoms with van der Waals surface area (Å²) in [5.74, 6) is 0.0315. The molecule has 1 atom stereocenters. The molecule has 86 valence electrons. The Balaban J connectivity index is 0.00000128. The molecule has 0 amide bonds. The lowest BCUT2D eigenvalue weighted by molar-refractivity contribution is 0.264. The van der Waals surface area contributed by atoms with Gasteiger partial charge in [0.15, 0.2) is 0 Å². The summed E-state index contributed by atoms with van der Waals surface area (Å²) in [6, 6.07) is 6.36. The van der Waals surface area contributed by atoms with Crippen molar-refractivity contribution in [3.05, 3.63) is 35.1 Å². The molecule has 0 bridgehead atoms. The zero-order valence-corrected chi connectivity index (χ0v) is 9.64. The van der Waals surface area contributed by atoms with Crippen LogP contribution in [0, 0.1) is 23.1 Å². The number of rotatable bonds is 2. The van der Waals surface area contributed by atoms with E-state index in [-0.39, 0.29) is 24.0 Å². The maximum Gasteiger partial charge on any atom is 0.140 e. The van der Waals surface area contributed by atoms with E-state index in [4.69, 9.17) is 11.0 Å². The first-order valence-corrected chi connectivity index (χ1v) is 5.17. The van der Waals surface area contributed by atoms with Crippen LogP contribution in [0.2, 0.25) is 0 Å². The van der Waals surface area contributed by atoms with Gasteiger partial charge in [-0.15, -0.1) is 12.4 Å². The normalized spacial score (nSPS) is 16.8. The third-order valence-electron chi connectivity index (χ3n) is 3.15. The summed E-state index contributed by atoms with van der Waals surface area (Å²) in [7, 11) is 0. The van der Waals surface area contributed by atoms with Crippen LogP contribution in [0.3, 0.4) is 0 Å². The summed E-state index contributed by atoms with van der Waals surface area (Å²) in [5, 5.41) is 8.70. The quantitative estimate of drug-likeness (QED) is 0.864. The predicted molar refractivity (Wildman–Crippen MR) is 62.6 cm³/mol. The van der Waals surface area contributed by atoms with E-state index in [1.54, 1.807) is 12.1 Å². The van der Waals surface area contributed by atoms with Gasteiger partial charge in [-0.3, -0.25) is 0 Å². The third kappa shape index (κ3) is 2.34. The molecular formula is C12H14ClFN2. The molecule has 0 heterocycles. The van der Waals surface area contributed by atoms with Gasteiger partial charge in [-0.1, -0.05) is 12.5 Å². The fourth-order valence-corrected chi connectivity index (χ4v) is 1.91. The van der Waals surface area contributed by atoms with Gasteiger partial charge >= 0.3 is 0 Å². The molecule has 0 saturated heterocycles. The molecule has 1 aromatic carbocycles. The number of hydrogen-bond acceptors (Lipinski definition) is 2. The van der Waals surface area contributed by atoms with E-state index in [1.807, 2.05) is 6.07 Å². The second-order valence-electron chi connectivity index (χ2n) is 4.07. The molecule has 0 spiro atoms. The number of nitriles is 1. The first-order chi connectivity index (χ1) is 7.22. The van der Waals surface area contributed by atoms with Crippen LogP contribution in [-0.4, -0.2) is 0 Å². The molecule has 0 radical (unpaired) electrons. The van der Waals surface area contributed by atoms with Crippen LogP contribution in [0.4, 0.5) is 4.39 Å². The molecule has 1 aliphatic rings. The van der Waals surface area contributed by atoms with Crippen LogP contribution >= 0.6 is 12.4 Å². The minimum Gasteiger partial charge on any atom is -0.324 e. The van der Waals surface area contributed by atoms with Crippen molar-refractivity contribution < 1.29 is 4.39 Å². The van der Waals surface area contributed by atoms with Crippen LogP contribution in [0.15, 0.2) is 18.2 Å². The van der Waals surface area contributed by atoms with E-state index < -0.39 is 5.82 Å². The highest BCUT2D eigenvalue weighted by molar-refractivity contribution is 5.85. The van der Waals surface area contributed by atoms with E-state index in [2.05, 4.69) is 0 Å². The highest BCUT2D eigenvalue weighted by atomic mass is 35.5. The van der Waals surface area contributed by atoms with Crippen LogP contribution in [0.1, 0.15) is 36.4 Å². The zero-order valence-electron chi connectivity index (χ0n) is 8.82. The molecule has 1 aromatic rings. The minimum atomic E-state index is -0.470. The lowest BCUT2D eigenvalue weighted by Crippen LogP contribution is -2.26. The molecule has 0 unspecified atom stereocenters. The van der Waals surface area contributed by atoms with Gasteiger partial charge in [0.2, 0.25) is 0 Å². The lowest BCUT2D eigenvalue weighted by atomic mass is 9.77. The summed E-state index contributed by atoms with van der Waals surface area (Å²) in [4.78, 5) is 0. The smallest absolute Gasteiger partial charge is 0.140 e. The van der Waals surface area contributed by atoms with Crippen molar-refractivity contribution in [3.8, 4) is 6.07 Å². The van der Waals surface area contributed by atoms with E-state index in [9.17, 15) is 4.39 Å². The summed E-state index contributed by atoms with van der Waals surface area (Å²) in [6.07, 6.45) is 3.51. The second kappa shape index (κ2) is 5.29. The van der Waals surface area contributed by atoms with Crippen molar-refractivity contribution in [2.45, 2.75) is 25.3 Å². The molecule has 1 saturated carbocycles. The van der Waals surface area contributed by atoms with E-state index in [1.165, 1.54) is 12.5 Å². The van der Waals surface area contributed by atoms with Crippen LogP contribution < -0.4 is 5.73 Å². The third-order valence-corrected chi connectivity index (χ3v) is 3.15. The summed E-state index contributed by atoms with van der Waals surface area (Å²) in [6.45, 7) is 0. The van der Waals surface area contributed by atoms with Crippen LogP contribution in [0.5, 0.6) is 0 Å². The Labute approximate surface area is 101 Å². The molecule has 16 heavy (non-hydrogen) atoms. The average Bonchev–Trinajstić information content (AvgIpc) is 2.15. The van der Waals surface area contributed by atoms with Crippen molar-refractivity contribution in [1.82, 2.24) is 0 Å². The monoisotopic (exact) mass is 240 g/mol. The Hall–Kier alpha value is -1.11. The first kappa shape index (κ1) is 13.0. The second-order valence-corrected chi connectivity index (χ2v) is 4.07. The maximum absolute atomic E-state index is 13.1. The van der Waals surface area contributed by atoms with Crippen LogP contribution in [0.25, 0.3) is 0 Å². The lowest BCUT2D eigenvalue weighted by Gasteiger charge is -2.31. The van der Waals surface area contributed by atoms with Gasteiger partial charge in [0.25, 0.3) is 0 Å². The number of nitrogens with two attached hydrogens (primary N) is 1. The highest BCUT2D eigenvalue weighted by Crippen LogP contribution is 2.36. The Morgan fingerprint density at radius 2 is 2.12 bits per heavy atom. The molecule has 4 heteroatoms. The zero-order chi connectivity index (χ0) is 10.8. The molecule has 2 nitrogen and oxygen atoms in total. The standard InChI is InChI=1S/C12H13FN2.ClH/c13-11-5-4-9(6-10(11)7-14)12(15)8-2-1-3-8;/h4-6,8,12H,1-3,15H2;1H/t12-;/m1./s1. The van der Waals surface area contributed by atoms with Crippen molar-refractivity contribution in [2.24, 2.45) is 11.7 Å². The Morgan fingerprint density at radius 3 is 2.62 bits per heavy atom. The van der Waals surface area contributed by atoms with Crippen molar-refractivity contribution in [1.29, 1.82) is 5.26 Å². The summed E-state index contributed by atoms with van der Waals surface area (Å²) in [5.41, 5.74) is 7.00. The van der Waals surface area contributed by atoms with E-state index >= 15 is 0 Å². The van der Waals surface area contributed by atoms with Crippen molar-refractivity contribution in [2.75, 3.05) is 0 Å². The summed E-state index contributed by atoms with van der Waals surface area (Å²) >= 11 is 0. The Bertz CT molecular complexity index is 410. The van der Waals surface area contributed by atoms with E-state index in [0.29, 0.717) is 5.92 Å². The molecule has 0 aliphatic heterocycles. The number of hydrogen-bond donors (Lipinski definition) is 1. The number of benzene rings is 1. The minimum absolute atomic E-state index is 0. The Kier molecular flexibility index (Phi) is 4.28. The van der Waals surface area contributed by atoms with Gasteiger partial charge in [0.05, 0.1) is 5.56 Å². The largest absolute Gasteiger partial charge is 0.324 e. The van der Waals surface area contributed by atoms with Gasteiger partial charge < -0.3 is 5.73 Å². The molecule has 2 rings (SSSR count). The Morgan fingerprint density at radius 1 is 1.44 bits per heavy atom. The highest BCUT2D eigenvalue weighted by Gasteiger charge is 2.25. The van der Waals surface area contributed by atoms with Gasteiger partial charge in [0.1, 0.15) is 11.9 Å². The van der Waals surface area contributed by atoms with Gasteiger partial charge in [-0.25, -0.2) is 4.39 Å². The molecule has 2 N–H and O–H groups in total. The molecule has 1 aliphatic carbocycles. The topological polar surface area (TPSA) is 49.8 Å². The average molecular weight is 241 g/mol. The van der Waals surface area contributed by atoms with Gasteiger partial charge in [0, 0.05) is 6.04 Å². The van der Waals surface area contributed by atoms with Gasteiger partial charge in [-0.05, 0) is 36.5 Å². The fourth-order valence-electron chi connectivity index (χ4n) is 1.91. The van der Waals surface area contributed by atoms with Crippen molar-refractivity contribution in [3.63, 3.8) is 0 Å². The maximum atomic E-state index is 13.1. The van der Waals surface area contributed by atoms with Crippen LogP contribution in [-0.2, 0) is 0 Å². The first-order valence-electron chi connectivity index (χ1n) is 5.17. The SMILES string of the molecule is Cl.N#Cc1cc([C@H](N)C2CCC2)ccc1F. The van der Waals surface area contributed by atoms with E-state index in [0.717, 1.165) is 18.4 Å². The molecular weight excluding hydrogens is 227 g/mol. The fraction of sp³-hybridized carbons (Fsp3) is 0.417. The number of nitrogens with zero attached hydrogens (tertiary/aromatic N) is 1. The van der Waals surface area contributed by atoms with Crippen molar-refractivity contribution >= 4 is 12.4 Å². The predicted octanol–water partition coefficient (Wildman–Crippen LogP) is 2.92. The molecule has 1 fully saturated rings.